The molecule has 0 spiro atoms. The summed E-state index contributed by atoms with van der Waals surface area (Å²) >= 11 is 1.37. The first kappa shape index (κ1) is 15.7. The van der Waals surface area contributed by atoms with Crippen LogP contribution >= 0.6 is 11.8 Å². The highest BCUT2D eigenvalue weighted by Crippen LogP contribution is 2.27. The van der Waals surface area contributed by atoms with Crippen LogP contribution in [-0.4, -0.2) is 26.3 Å². The van der Waals surface area contributed by atoms with E-state index in [1.54, 1.807) is 12.6 Å². The number of aryl methyl sites for hydroxylation is 1. The second-order valence-corrected chi connectivity index (χ2v) is 6.72. The Bertz CT molecular complexity index is 1040. The highest BCUT2D eigenvalue weighted by Gasteiger charge is 2.12. The number of hydrogen-bond acceptors (Lipinski definition) is 5. The highest BCUT2D eigenvalue weighted by molar-refractivity contribution is 8.00. The van der Waals surface area contributed by atoms with Gasteiger partial charge in [0.25, 0.3) is 0 Å². The van der Waals surface area contributed by atoms with Crippen molar-refractivity contribution in [1.29, 1.82) is 0 Å². The fraction of sp³-hybridized carbons (Fsp3) is 0.167. The number of hydrogen-bond donors (Lipinski definition) is 1. The Morgan fingerprint density at radius 2 is 2.08 bits per heavy atom. The Morgan fingerprint density at radius 3 is 2.92 bits per heavy atom. The first-order valence-electron chi connectivity index (χ1n) is 7.86. The third-order valence-corrected chi connectivity index (χ3v) is 4.92. The van der Waals surface area contributed by atoms with Crippen molar-refractivity contribution in [2.75, 3.05) is 5.75 Å². The monoisotopic (exact) mass is 352 g/mol. The summed E-state index contributed by atoms with van der Waals surface area (Å²) < 4.78 is 7.33. The van der Waals surface area contributed by atoms with Crippen LogP contribution in [0.1, 0.15) is 11.1 Å². The molecule has 4 rings (SSSR count). The zero-order valence-electron chi connectivity index (χ0n) is 13.6. The van der Waals surface area contributed by atoms with Crippen LogP contribution in [0.25, 0.3) is 16.6 Å². The van der Waals surface area contributed by atoms with Gasteiger partial charge in [-0.15, -0.1) is 10.2 Å². The minimum atomic E-state index is -0.0374. The van der Waals surface area contributed by atoms with Gasteiger partial charge in [-0.25, -0.2) is 0 Å². The number of rotatable bonds is 5. The minimum Gasteiger partial charge on any atom is -0.463 e. The summed E-state index contributed by atoms with van der Waals surface area (Å²) in [7, 11) is 0. The highest BCUT2D eigenvalue weighted by atomic mass is 32.2. The molecule has 1 aromatic carbocycles. The van der Waals surface area contributed by atoms with E-state index in [0.29, 0.717) is 11.6 Å². The second-order valence-electron chi connectivity index (χ2n) is 5.76. The lowest BCUT2D eigenvalue weighted by atomic mass is 10.1. The predicted octanol–water partition coefficient (Wildman–Crippen LogP) is 3.19. The average Bonchev–Trinajstić information content (AvgIpc) is 3.21. The molecule has 25 heavy (non-hydrogen) atoms. The lowest BCUT2D eigenvalue weighted by Gasteiger charge is -2.06. The van der Waals surface area contributed by atoms with Crippen molar-refractivity contribution in [2.24, 2.45) is 0 Å². The van der Waals surface area contributed by atoms with E-state index in [-0.39, 0.29) is 11.7 Å². The summed E-state index contributed by atoms with van der Waals surface area (Å²) in [4.78, 5) is 12.1. The smallest absolute Gasteiger partial charge is 0.230 e. The lowest BCUT2D eigenvalue weighted by molar-refractivity contribution is -0.118. The number of amides is 1. The van der Waals surface area contributed by atoms with E-state index >= 15 is 0 Å². The van der Waals surface area contributed by atoms with Crippen LogP contribution in [0.5, 0.6) is 0 Å². The SMILES string of the molecule is Cc1ccc(CNC(=O)CSc2nncn3c2cc2occc23)cc1. The van der Waals surface area contributed by atoms with Crippen molar-refractivity contribution in [1.82, 2.24) is 19.9 Å². The molecule has 1 amide bonds. The van der Waals surface area contributed by atoms with Crippen molar-refractivity contribution in [2.45, 2.75) is 18.5 Å². The number of carbonyl (C=O) groups is 1. The van der Waals surface area contributed by atoms with E-state index in [2.05, 4.69) is 15.5 Å². The van der Waals surface area contributed by atoms with Crippen molar-refractivity contribution in [3.05, 3.63) is 60.1 Å². The van der Waals surface area contributed by atoms with Crippen LogP contribution in [0.3, 0.4) is 0 Å². The standard InChI is InChI=1S/C18H16N4O2S/c1-12-2-4-13(5-3-12)9-19-17(23)10-25-18-15-8-16-14(6-7-24-16)22(15)11-20-21-18/h2-8,11H,9-10H2,1H3,(H,19,23). The van der Waals surface area contributed by atoms with E-state index in [9.17, 15) is 4.79 Å². The molecular formula is C18H16N4O2S. The van der Waals surface area contributed by atoms with Crippen LogP contribution < -0.4 is 5.32 Å². The molecule has 0 aliphatic heterocycles. The zero-order valence-corrected chi connectivity index (χ0v) is 14.4. The van der Waals surface area contributed by atoms with Gasteiger partial charge in [0.05, 0.1) is 23.0 Å². The largest absolute Gasteiger partial charge is 0.463 e. The Balaban J connectivity index is 1.41. The van der Waals surface area contributed by atoms with E-state index in [0.717, 1.165) is 22.2 Å². The van der Waals surface area contributed by atoms with E-state index in [4.69, 9.17) is 4.42 Å². The number of aromatic nitrogens is 3. The number of nitrogens with zero attached hydrogens (tertiary/aromatic N) is 3. The fourth-order valence-electron chi connectivity index (χ4n) is 2.61. The van der Waals surface area contributed by atoms with E-state index in [1.807, 2.05) is 47.7 Å². The number of thioether (sulfide) groups is 1. The Labute approximate surface area is 148 Å². The summed E-state index contributed by atoms with van der Waals surface area (Å²) in [6, 6.07) is 11.9. The molecule has 4 aromatic rings. The maximum atomic E-state index is 12.1. The molecule has 0 unspecified atom stereocenters. The van der Waals surface area contributed by atoms with Gasteiger partial charge in [-0.1, -0.05) is 41.6 Å². The predicted molar refractivity (Wildman–Crippen MR) is 96.5 cm³/mol. The van der Waals surface area contributed by atoms with Gasteiger partial charge in [0.1, 0.15) is 11.4 Å². The van der Waals surface area contributed by atoms with Gasteiger partial charge in [0, 0.05) is 18.7 Å². The molecule has 3 heterocycles. The molecule has 0 saturated heterocycles. The van der Waals surface area contributed by atoms with Crippen LogP contribution in [0.2, 0.25) is 0 Å². The third-order valence-electron chi connectivity index (χ3n) is 3.95. The number of benzene rings is 1. The topological polar surface area (TPSA) is 72.4 Å². The van der Waals surface area contributed by atoms with Crippen LogP contribution in [-0.2, 0) is 11.3 Å². The lowest BCUT2D eigenvalue weighted by Crippen LogP contribution is -2.24. The number of carbonyl (C=O) groups excluding carboxylic acids is 1. The molecule has 1 N–H and O–H groups in total. The van der Waals surface area contributed by atoms with Gasteiger partial charge in [0.2, 0.25) is 5.91 Å². The molecule has 0 saturated carbocycles. The molecule has 7 heteroatoms. The molecular weight excluding hydrogens is 336 g/mol. The molecule has 6 nitrogen and oxygen atoms in total. The van der Waals surface area contributed by atoms with Crippen molar-refractivity contribution in [3.63, 3.8) is 0 Å². The van der Waals surface area contributed by atoms with Gasteiger partial charge in [-0.3, -0.25) is 9.20 Å². The maximum absolute atomic E-state index is 12.1. The van der Waals surface area contributed by atoms with Crippen molar-refractivity contribution in [3.8, 4) is 0 Å². The van der Waals surface area contributed by atoms with Gasteiger partial charge < -0.3 is 9.73 Å². The molecule has 0 atom stereocenters. The van der Waals surface area contributed by atoms with Gasteiger partial charge in [0.15, 0.2) is 5.58 Å². The molecule has 0 aliphatic carbocycles. The van der Waals surface area contributed by atoms with Gasteiger partial charge in [-0.2, -0.15) is 0 Å². The third kappa shape index (κ3) is 3.23. The Kier molecular flexibility index (Phi) is 4.15. The summed E-state index contributed by atoms with van der Waals surface area (Å²) in [6.45, 7) is 2.56. The summed E-state index contributed by atoms with van der Waals surface area (Å²) in [5.41, 5.74) is 4.89. The molecule has 0 fully saturated rings. The normalized spacial score (nSPS) is 11.2. The summed E-state index contributed by atoms with van der Waals surface area (Å²) in [5.74, 6) is 0.247. The molecule has 126 valence electrons. The van der Waals surface area contributed by atoms with Crippen LogP contribution in [0.15, 0.2) is 58.4 Å². The minimum absolute atomic E-state index is 0.0374. The van der Waals surface area contributed by atoms with E-state index < -0.39 is 0 Å². The average molecular weight is 352 g/mol. The van der Waals surface area contributed by atoms with Crippen molar-refractivity contribution < 1.29 is 9.21 Å². The molecule has 3 aromatic heterocycles. The van der Waals surface area contributed by atoms with Crippen LogP contribution in [0.4, 0.5) is 0 Å². The second kappa shape index (κ2) is 6.60. The van der Waals surface area contributed by atoms with Gasteiger partial charge in [-0.05, 0) is 12.5 Å². The Morgan fingerprint density at radius 1 is 1.24 bits per heavy atom. The number of fused-ring (bicyclic) bond motifs is 3. The summed E-state index contributed by atoms with van der Waals surface area (Å²) in [6.07, 6.45) is 3.29. The molecule has 0 bridgehead atoms. The number of furan rings is 1. The van der Waals surface area contributed by atoms with Gasteiger partial charge >= 0.3 is 0 Å². The van der Waals surface area contributed by atoms with E-state index in [1.165, 1.54) is 17.3 Å². The summed E-state index contributed by atoms with van der Waals surface area (Å²) in [5, 5.41) is 11.8. The maximum Gasteiger partial charge on any atom is 0.230 e. The fourth-order valence-corrected chi connectivity index (χ4v) is 3.39. The van der Waals surface area contributed by atoms with Crippen molar-refractivity contribution >= 4 is 34.3 Å². The zero-order chi connectivity index (χ0) is 17.2. The molecule has 0 radical (unpaired) electrons. The molecule has 0 aliphatic rings. The number of nitrogens with one attached hydrogen (secondary N) is 1. The first-order chi connectivity index (χ1) is 12.2. The quantitative estimate of drug-likeness (QED) is 0.559. The first-order valence-corrected chi connectivity index (χ1v) is 8.84. The Hall–Kier alpha value is -2.80. The van der Waals surface area contributed by atoms with Crippen LogP contribution in [0, 0.1) is 6.92 Å².